The highest BCUT2D eigenvalue weighted by atomic mass is 35.5. The van der Waals surface area contributed by atoms with Crippen molar-refractivity contribution in [2.24, 2.45) is 0 Å². The molecule has 2 aromatic rings. The number of hydrogen-bond acceptors (Lipinski definition) is 2. The molecule has 0 amide bonds. The summed E-state index contributed by atoms with van der Waals surface area (Å²) in [6, 6.07) is 14.7. The third kappa shape index (κ3) is 4.56. The summed E-state index contributed by atoms with van der Waals surface area (Å²) in [5.74, 6) is 0. The van der Waals surface area contributed by atoms with E-state index in [2.05, 4.69) is 9.95 Å². The van der Waals surface area contributed by atoms with Crippen LogP contribution in [0.5, 0.6) is 0 Å². The van der Waals surface area contributed by atoms with E-state index in [0.717, 1.165) is 17.5 Å². The molecule has 0 aromatic heterocycles. The minimum absolute atomic E-state index is 0. The van der Waals surface area contributed by atoms with Crippen molar-refractivity contribution in [1.82, 2.24) is 0 Å². The molecular weight excluding hydrogens is 283 g/mol. The lowest BCUT2D eigenvalue weighted by Gasteiger charge is -1.99. The fraction of sp³-hybridized carbons (Fsp3) is 0.0769. The molecule has 6 heteroatoms. The summed E-state index contributed by atoms with van der Waals surface area (Å²) < 4.78 is 0. The van der Waals surface area contributed by atoms with Gasteiger partial charge in [0.25, 0.3) is 0 Å². The minimum atomic E-state index is 0. The van der Waals surface area contributed by atoms with Crippen LogP contribution in [0.3, 0.4) is 0 Å². The van der Waals surface area contributed by atoms with E-state index < -0.39 is 0 Å². The zero-order chi connectivity index (χ0) is 12.1. The first-order valence-corrected chi connectivity index (χ1v) is 5.20. The number of benzene rings is 2. The molecule has 0 saturated carbocycles. The Morgan fingerprint density at radius 2 is 0.947 bits per heavy atom. The van der Waals surface area contributed by atoms with Gasteiger partial charge in [0.1, 0.15) is 0 Å². The number of halogens is 2. The van der Waals surface area contributed by atoms with Crippen molar-refractivity contribution >= 4 is 11.4 Å². The van der Waals surface area contributed by atoms with Gasteiger partial charge in [-0.2, -0.15) is 0 Å². The maximum Gasteiger partial charge on any atom is 0.385 e. The molecule has 0 aliphatic heterocycles. The molecule has 0 aliphatic carbocycles. The summed E-state index contributed by atoms with van der Waals surface area (Å²) in [5, 5.41) is 17.1. The fourth-order valence-electron chi connectivity index (χ4n) is 1.60. The Kier molecular flexibility index (Phi) is 7.14. The van der Waals surface area contributed by atoms with Gasteiger partial charge in [0.2, 0.25) is 10.8 Å². The molecular formula is C13H10Cl2N4. The Bertz CT molecular complexity index is 539. The number of nitrogens with zero attached hydrogens (tertiary/aromatic N) is 4. The van der Waals surface area contributed by atoms with E-state index in [-0.39, 0.29) is 24.8 Å². The molecule has 0 N–H and O–H groups in total. The van der Waals surface area contributed by atoms with Crippen LogP contribution in [0, 0.1) is 10.8 Å². The van der Waals surface area contributed by atoms with Crippen molar-refractivity contribution in [2.45, 2.75) is 6.42 Å². The van der Waals surface area contributed by atoms with Crippen LogP contribution in [-0.4, -0.2) is 0 Å². The molecule has 0 bridgehead atoms. The molecule has 0 saturated heterocycles. The van der Waals surface area contributed by atoms with Crippen molar-refractivity contribution in [2.75, 3.05) is 0 Å². The van der Waals surface area contributed by atoms with Crippen molar-refractivity contribution in [3.05, 3.63) is 69.6 Å². The number of hydrogen-bond donors (Lipinski definition) is 0. The third-order valence-corrected chi connectivity index (χ3v) is 2.51. The summed E-state index contributed by atoms with van der Waals surface area (Å²) in [4.78, 5) is 6.20. The van der Waals surface area contributed by atoms with Crippen LogP contribution in [0.15, 0.2) is 48.5 Å². The maximum absolute atomic E-state index is 8.57. The maximum atomic E-state index is 8.57. The Morgan fingerprint density at radius 3 is 1.21 bits per heavy atom. The molecule has 19 heavy (non-hydrogen) atoms. The summed E-state index contributed by atoms with van der Waals surface area (Å²) >= 11 is 0. The van der Waals surface area contributed by atoms with E-state index >= 15 is 0 Å². The predicted molar refractivity (Wildman–Crippen MR) is 65.2 cm³/mol. The lowest BCUT2D eigenvalue weighted by atomic mass is 10.0. The number of diazo groups is 2. The summed E-state index contributed by atoms with van der Waals surface area (Å²) in [5.41, 5.74) is 3.35. The van der Waals surface area contributed by atoms with Crippen LogP contribution < -0.4 is 24.8 Å². The second-order valence-electron chi connectivity index (χ2n) is 3.71. The molecule has 2 aromatic carbocycles. The van der Waals surface area contributed by atoms with Crippen molar-refractivity contribution in [3.63, 3.8) is 0 Å². The van der Waals surface area contributed by atoms with E-state index in [1.807, 2.05) is 24.3 Å². The van der Waals surface area contributed by atoms with E-state index in [4.69, 9.17) is 10.8 Å². The smallest absolute Gasteiger partial charge is 0.385 e. The first kappa shape index (κ1) is 16.9. The van der Waals surface area contributed by atoms with Gasteiger partial charge in [0.15, 0.2) is 9.95 Å². The SMILES string of the molecule is N#[N+]c1ccc(Cc2ccc([N+]#N)cc2)cc1.[Cl-].[Cl-]. The average Bonchev–Trinajstić information content (AvgIpc) is 2.40. The lowest BCUT2D eigenvalue weighted by Crippen LogP contribution is -3.00. The Labute approximate surface area is 123 Å². The van der Waals surface area contributed by atoms with Gasteiger partial charge in [-0.1, -0.05) is 24.3 Å². The van der Waals surface area contributed by atoms with E-state index in [1.54, 1.807) is 24.3 Å². The fourth-order valence-corrected chi connectivity index (χ4v) is 1.60. The van der Waals surface area contributed by atoms with Crippen LogP contribution in [0.25, 0.3) is 9.95 Å². The molecule has 0 heterocycles. The highest BCUT2D eigenvalue weighted by molar-refractivity contribution is 5.47. The molecule has 0 radical (unpaired) electrons. The van der Waals surface area contributed by atoms with E-state index in [0.29, 0.717) is 11.4 Å². The molecule has 2 rings (SSSR count). The van der Waals surface area contributed by atoms with Gasteiger partial charge < -0.3 is 24.8 Å². The largest absolute Gasteiger partial charge is 1.00 e. The first-order valence-electron chi connectivity index (χ1n) is 5.20. The van der Waals surface area contributed by atoms with Crippen molar-refractivity contribution < 1.29 is 24.8 Å². The topological polar surface area (TPSA) is 56.3 Å². The van der Waals surface area contributed by atoms with Gasteiger partial charge in [0.05, 0.1) is 0 Å². The third-order valence-electron chi connectivity index (χ3n) is 2.51. The zero-order valence-corrected chi connectivity index (χ0v) is 11.4. The lowest BCUT2D eigenvalue weighted by molar-refractivity contribution is -0.001000. The average molecular weight is 293 g/mol. The molecule has 0 aliphatic rings. The Hall–Kier alpha value is -2.14. The second-order valence-corrected chi connectivity index (χ2v) is 3.71. The van der Waals surface area contributed by atoms with Gasteiger partial charge in [-0.05, 0) is 17.5 Å². The zero-order valence-electron chi connectivity index (χ0n) is 9.87. The molecule has 96 valence electrons. The standard InChI is InChI=1S/C13H10N4.2ClH/c14-16-12-5-1-10(2-6-12)9-11-3-7-13(17-15)8-4-11;;/h1-8H,9H2;2*1H/q+2;;/p-2. The monoisotopic (exact) mass is 292 g/mol. The normalized spacial score (nSPS) is 8.32. The summed E-state index contributed by atoms with van der Waals surface area (Å²) in [6.07, 6.45) is 0.789. The van der Waals surface area contributed by atoms with Gasteiger partial charge in [0, 0.05) is 24.3 Å². The highest BCUT2D eigenvalue weighted by Crippen LogP contribution is 2.18. The number of rotatable bonds is 2. The molecule has 0 spiro atoms. The van der Waals surface area contributed by atoms with Gasteiger partial charge >= 0.3 is 11.4 Å². The summed E-state index contributed by atoms with van der Waals surface area (Å²) in [7, 11) is 0. The van der Waals surface area contributed by atoms with Crippen LogP contribution in [0.1, 0.15) is 11.1 Å². The summed E-state index contributed by atoms with van der Waals surface area (Å²) in [6.45, 7) is 0. The van der Waals surface area contributed by atoms with Gasteiger partial charge in [-0.3, -0.25) is 0 Å². The molecule has 0 atom stereocenters. The van der Waals surface area contributed by atoms with Gasteiger partial charge in [-0.15, -0.1) is 0 Å². The van der Waals surface area contributed by atoms with E-state index in [9.17, 15) is 0 Å². The van der Waals surface area contributed by atoms with Crippen LogP contribution >= 0.6 is 0 Å². The predicted octanol–water partition coefficient (Wildman–Crippen LogP) is -1.75. The molecule has 4 nitrogen and oxygen atoms in total. The Balaban J connectivity index is 0.00000162. The van der Waals surface area contributed by atoms with Crippen LogP contribution in [0.2, 0.25) is 0 Å². The minimum Gasteiger partial charge on any atom is -1.00 e. The quantitative estimate of drug-likeness (QED) is 0.617. The molecule has 0 unspecified atom stereocenters. The Morgan fingerprint density at radius 1 is 0.632 bits per heavy atom. The van der Waals surface area contributed by atoms with Crippen molar-refractivity contribution in [3.8, 4) is 0 Å². The van der Waals surface area contributed by atoms with Crippen LogP contribution in [0.4, 0.5) is 11.4 Å². The second kappa shape index (κ2) is 8.05. The van der Waals surface area contributed by atoms with Gasteiger partial charge in [-0.25, -0.2) is 0 Å². The highest BCUT2D eigenvalue weighted by Gasteiger charge is 2.05. The van der Waals surface area contributed by atoms with Crippen molar-refractivity contribution in [1.29, 1.82) is 10.8 Å². The molecule has 0 fully saturated rings. The van der Waals surface area contributed by atoms with E-state index in [1.165, 1.54) is 0 Å². The first-order chi connectivity index (χ1) is 8.31. The van der Waals surface area contributed by atoms with Crippen LogP contribution in [-0.2, 0) is 6.42 Å².